The van der Waals surface area contributed by atoms with Crippen molar-refractivity contribution in [3.63, 3.8) is 0 Å². The Morgan fingerprint density at radius 1 is 1.00 bits per heavy atom. The molecule has 36 heavy (non-hydrogen) atoms. The van der Waals surface area contributed by atoms with Crippen LogP contribution in [0.4, 0.5) is 0 Å². The molecule has 196 valence electrons. The quantitative estimate of drug-likeness (QED) is 0.132. The van der Waals surface area contributed by atoms with Crippen molar-refractivity contribution in [2.75, 3.05) is 13.1 Å². The summed E-state index contributed by atoms with van der Waals surface area (Å²) in [5, 5.41) is 26.1. The van der Waals surface area contributed by atoms with E-state index in [4.69, 9.17) is 11.5 Å². The van der Waals surface area contributed by atoms with Gasteiger partial charge >= 0.3 is 5.97 Å². The number of carbonyl (C=O) groups excluding carboxylic acids is 3. The summed E-state index contributed by atoms with van der Waals surface area (Å²) in [6, 6.07) is 3.14. The summed E-state index contributed by atoms with van der Waals surface area (Å²) in [5.41, 5.74) is 12.8. The first-order valence-corrected chi connectivity index (χ1v) is 11.5. The van der Waals surface area contributed by atoms with Crippen molar-refractivity contribution in [2.24, 2.45) is 11.5 Å². The van der Waals surface area contributed by atoms with Crippen LogP contribution in [0.2, 0.25) is 0 Å². The maximum atomic E-state index is 12.7. The third kappa shape index (κ3) is 9.72. The summed E-state index contributed by atoms with van der Waals surface area (Å²) in [4.78, 5) is 55.7. The first kappa shape index (κ1) is 28.3. The zero-order valence-electron chi connectivity index (χ0n) is 19.8. The van der Waals surface area contributed by atoms with Crippen molar-refractivity contribution in [1.29, 1.82) is 0 Å². The summed E-state index contributed by atoms with van der Waals surface area (Å²) in [6.07, 6.45) is 4.49. The molecule has 10 N–H and O–H groups in total. The largest absolute Gasteiger partial charge is 0.508 e. The van der Waals surface area contributed by atoms with Crippen molar-refractivity contribution in [2.45, 2.75) is 50.2 Å². The average Bonchev–Trinajstić information content (AvgIpc) is 3.36. The van der Waals surface area contributed by atoms with Crippen molar-refractivity contribution in [1.82, 2.24) is 25.9 Å². The summed E-state index contributed by atoms with van der Waals surface area (Å²) in [6.45, 7) is -0.0631. The van der Waals surface area contributed by atoms with Gasteiger partial charge in [-0.2, -0.15) is 0 Å². The number of aromatic amines is 1. The fraction of sp³-hybridized carbons (Fsp3) is 0.435. The zero-order chi connectivity index (χ0) is 26.5. The van der Waals surface area contributed by atoms with E-state index in [1.807, 2.05) is 0 Å². The number of H-pyrrole nitrogens is 1. The molecule has 3 unspecified atom stereocenters. The highest BCUT2D eigenvalue weighted by Gasteiger charge is 2.25. The van der Waals surface area contributed by atoms with Crippen molar-refractivity contribution in [3.05, 3.63) is 48.0 Å². The van der Waals surface area contributed by atoms with E-state index in [1.54, 1.807) is 12.1 Å². The molecule has 1 heterocycles. The number of aromatic nitrogens is 2. The minimum Gasteiger partial charge on any atom is -0.508 e. The van der Waals surface area contributed by atoms with Gasteiger partial charge in [0.25, 0.3) is 0 Å². The van der Waals surface area contributed by atoms with Gasteiger partial charge in [0, 0.05) is 18.3 Å². The second kappa shape index (κ2) is 14.4. The second-order valence-corrected chi connectivity index (χ2v) is 8.28. The zero-order valence-corrected chi connectivity index (χ0v) is 19.8. The minimum atomic E-state index is -1.24. The highest BCUT2D eigenvalue weighted by molar-refractivity contribution is 5.92. The number of hydrogen-bond donors (Lipinski definition) is 8. The van der Waals surface area contributed by atoms with Gasteiger partial charge in [0.1, 0.15) is 17.8 Å². The van der Waals surface area contributed by atoms with Gasteiger partial charge in [-0.15, -0.1) is 0 Å². The number of hydrogen-bond acceptors (Lipinski definition) is 8. The van der Waals surface area contributed by atoms with E-state index in [1.165, 1.54) is 24.7 Å². The molecule has 0 saturated heterocycles. The van der Waals surface area contributed by atoms with Crippen LogP contribution in [-0.2, 0) is 32.0 Å². The van der Waals surface area contributed by atoms with E-state index in [2.05, 4.69) is 25.9 Å². The van der Waals surface area contributed by atoms with E-state index in [0.717, 1.165) is 5.56 Å². The molecular weight excluding hydrogens is 470 g/mol. The molecule has 0 saturated carbocycles. The third-order valence-corrected chi connectivity index (χ3v) is 5.34. The summed E-state index contributed by atoms with van der Waals surface area (Å²) in [5.74, 6) is -3.00. The number of unbranched alkanes of at least 4 members (excludes halogenated alkanes) is 1. The van der Waals surface area contributed by atoms with Crippen LogP contribution in [0.5, 0.6) is 5.75 Å². The Hall–Kier alpha value is -3.97. The molecule has 0 aliphatic carbocycles. The Morgan fingerprint density at radius 3 is 2.33 bits per heavy atom. The predicted molar refractivity (Wildman–Crippen MR) is 129 cm³/mol. The summed E-state index contributed by atoms with van der Waals surface area (Å²) in [7, 11) is 0. The highest BCUT2D eigenvalue weighted by atomic mass is 16.4. The number of phenols is 1. The smallest absolute Gasteiger partial charge is 0.326 e. The van der Waals surface area contributed by atoms with Gasteiger partial charge < -0.3 is 42.6 Å². The molecule has 13 nitrogen and oxygen atoms in total. The SMILES string of the molecule is NCCCCC(NC(=O)C(N)Cc1ccc(O)cc1)C(=O)NCC(=O)NC(Cc1cnc[nH]1)C(=O)O. The van der Waals surface area contributed by atoms with Crippen LogP contribution < -0.4 is 27.4 Å². The Morgan fingerprint density at radius 2 is 1.72 bits per heavy atom. The van der Waals surface area contributed by atoms with Crippen molar-refractivity contribution >= 4 is 23.7 Å². The number of phenolic OH excluding ortho intramolecular Hbond substituents is 1. The third-order valence-electron chi connectivity index (χ3n) is 5.34. The van der Waals surface area contributed by atoms with Gasteiger partial charge in [-0.05, 0) is 49.9 Å². The normalized spacial score (nSPS) is 13.3. The van der Waals surface area contributed by atoms with E-state index in [0.29, 0.717) is 25.1 Å². The van der Waals surface area contributed by atoms with Crippen LogP contribution in [-0.4, -0.2) is 75.1 Å². The highest BCUT2D eigenvalue weighted by Crippen LogP contribution is 2.11. The topological polar surface area (TPSA) is 226 Å². The Balaban J connectivity index is 1.91. The van der Waals surface area contributed by atoms with Crippen molar-refractivity contribution in [3.8, 4) is 5.75 Å². The van der Waals surface area contributed by atoms with Crippen LogP contribution in [0.25, 0.3) is 0 Å². The summed E-state index contributed by atoms with van der Waals surface area (Å²) >= 11 is 0. The molecule has 2 rings (SSSR count). The van der Waals surface area contributed by atoms with Crippen LogP contribution in [0.3, 0.4) is 0 Å². The minimum absolute atomic E-state index is 0.00822. The number of rotatable bonds is 15. The van der Waals surface area contributed by atoms with Crippen molar-refractivity contribution < 1.29 is 29.4 Å². The number of carboxylic acids is 1. The number of carbonyl (C=O) groups is 4. The number of aliphatic carboxylic acids is 1. The maximum absolute atomic E-state index is 12.7. The first-order valence-electron chi connectivity index (χ1n) is 11.5. The van der Waals surface area contributed by atoms with Gasteiger partial charge in [-0.1, -0.05) is 12.1 Å². The number of nitrogens with zero attached hydrogens (tertiary/aromatic N) is 1. The Kier molecular flexibility index (Phi) is 11.3. The molecule has 3 amide bonds. The standard InChI is InChI=1S/C23H33N7O6/c24-8-2-1-3-18(30-21(33)17(25)9-14-4-6-16(31)7-5-14)22(34)27-12-20(32)29-19(23(35)36)10-15-11-26-13-28-15/h4-7,11,13,17-19,31H,1-3,8-10,12,24-25H2,(H,26,28)(H,27,34)(H,29,32)(H,30,33)(H,35,36). The Bertz CT molecular complexity index is 997. The van der Waals surface area contributed by atoms with Crippen LogP contribution >= 0.6 is 0 Å². The molecule has 0 aliphatic rings. The molecule has 0 spiro atoms. The molecule has 1 aromatic heterocycles. The van der Waals surface area contributed by atoms with Crippen LogP contribution in [0.15, 0.2) is 36.8 Å². The van der Waals surface area contributed by atoms with Gasteiger partial charge in [-0.25, -0.2) is 9.78 Å². The van der Waals surface area contributed by atoms with Gasteiger partial charge in [0.2, 0.25) is 17.7 Å². The molecule has 0 radical (unpaired) electrons. The lowest BCUT2D eigenvalue weighted by Crippen LogP contribution is -2.54. The first-order chi connectivity index (χ1) is 17.2. The van der Waals surface area contributed by atoms with E-state index < -0.39 is 48.4 Å². The number of imidazole rings is 1. The average molecular weight is 504 g/mol. The lowest BCUT2D eigenvalue weighted by molar-refractivity contribution is -0.141. The number of amides is 3. The van der Waals surface area contributed by atoms with E-state index in [9.17, 15) is 29.4 Å². The number of carboxylic acid groups (broad SMARTS) is 1. The molecule has 0 aliphatic heterocycles. The summed E-state index contributed by atoms with van der Waals surface area (Å²) < 4.78 is 0. The molecule has 0 fully saturated rings. The fourth-order valence-corrected chi connectivity index (χ4v) is 3.37. The Labute approximate surface area is 208 Å². The number of benzene rings is 1. The van der Waals surface area contributed by atoms with Crippen LogP contribution in [0.1, 0.15) is 30.5 Å². The molecule has 0 bridgehead atoms. The van der Waals surface area contributed by atoms with Gasteiger partial charge in [0.15, 0.2) is 0 Å². The molecule has 13 heteroatoms. The van der Waals surface area contributed by atoms with E-state index in [-0.39, 0.29) is 25.0 Å². The van der Waals surface area contributed by atoms with E-state index >= 15 is 0 Å². The lowest BCUT2D eigenvalue weighted by atomic mass is 10.0. The lowest BCUT2D eigenvalue weighted by Gasteiger charge is -2.21. The number of nitrogens with two attached hydrogens (primary N) is 2. The van der Waals surface area contributed by atoms with Crippen LogP contribution in [0, 0.1) is 0 Å². The molecule has 3 atom stereocenters. The molecular formula is C23H33N7O6. The fourth-order valence-electron chi connectivity index (χ4n) is 3.37. The van der Waals surface area contributed by atoms with Gasteiger partial charge in [-0.3, -0.25) is 14.4 Å². The van der Waals surface area contributed by atoms with Gasteiger partial charge in [0.05, 0.1) is 18.9 Å². The number of nitrogens with one attached hydrogen (secondary N) is 4. The maximum Gasteiger partial charge on any atom is 0.326 e. The predicted octanol–water partition coefficient (Wildman–Crippen LogP) is -1.47. The molecule has 2 aromatic rings. The second-order valence-electron chi connectivity index (χ2n) is 8.28. The number of aromatic hydroxyl groups is 1. The molecule has 1 aromatic carbocycles. The monoisotopic (exact) mass is 503 g/mol.